The van der Waals surface area contributed by atoms with Crippen LogP contribution < -0.4 is 5.73 Å². The Kier molecular flexibility index (Phi) is 4.98. The maximum absolute atomic E-state index is 13.0. The number of nitrogens with zero attached hydrogens (tertiary/aromatic N) is 1. The average Bonchev–Trinajstić information content (AvgIpc) is 2.36. The van der Waals surface area contributed by atoms with Crippen LogP contribution in [0.4, 0.5) is 22.0 Å². The van der Waals surface area contributed by atoms with Gasteiger partial charge in [-0.3, -0.25) is 9.78 Å². The van der Waals surface area contributed by atoms with E-state index in [1.165, 1.54) is 0 Å². The van der Waals surface area contributed by atoms with E-state index in [-0.39, 0.29) is 0 Å². The molecule has 0 aliphatic carbocycles. The highest BCUT2D eigenvalue weighted by Gasteiger charge is 2.40. The molecule has 0 aromatic carbocycles. The predicted octanol–water partition coefficient (Wildman–Crippen LogP) is 2.21. The number of halogens is 5. The summed E-state index contributed by atoms with van der Waals surface area (Å²) < 4.78 is 68.9. The first-order valence-corrected chi connectivity index (χ1v) is 5.35. The van der Waals surface area contributed by atoms with Gasteiger partial charge in [0.2, 0.25) is 0 Å². The standard InChI is InChI=1S/C11H11F5N2O2/c1-20-7(19)2-6-8(10(12)13)9(11(14,15)16)5(3-17)4-18-6/h4,10H,2-3,17H2,1H3. The van der Waals surface area contributed by atoms with Crippen LogP contribution in [0.3, 0.4) is 0 Å². The molecular weight excluding hydrogens is 287 g/mol. The maximum Gasteiger partial charge on any atom is 0.417 e. The molecular formula is C11H11F5N2O2. The van der Waals surface area contributed by atoms with E-state index in [9.17, 15) is 26.7 Å². The van der Waals surface area contributed by atoms with Gasteiger partial charge in [-0.15, -0.1) is 0 Å². The zero-order valence-electron chi connectivity index (χ0n) is 10.3. The summed E-state index contributed by atoms with van der Waals surface area (Å²) in [6.07, 6.45) is -8.49. The monoisotopic (exact) mass is 298 g/mol. The van der Waals surface area contributed by atoms with Crippen LogP contribution in [-0.2, 0) is 28.7 Å². The number of carbonyl (C=O) groups is 1. The smallest absolute Gasteiger partial charge is 0.417 e. The van der Waals surface area contributed by atoms with E-state index in [4.69, 9.17) is 5.73 Å². The zero-order chi connectivity index (χ0) is 15.5. The van der Waals surface area contributed by atoms with Gasteiger partial charge >= 0.3 is 12.1 Å². The number of rotatable bonds is 4. The summed E-state index contributed by atoms with van der Waals surface area (Å²) in [6.45, 7) is -0.597. The minimum atomic E-state index is -5.02. The zero-order valence-corrected chi connectivity index (χ0v) is 10.3. The van der Waals surface area contributed by atoms with E-state index in [2.05, 4.69) is 9.72 Å². The average molecular weight is 298 g/mol. The van der Waals surface area contributed by atoms with Gasteiger partial charge in [-0.1, -0.05) is 0 Å². The van der Waals surface area contributed by atoms with Crippen LogP contribution in [-0.4, -0.2) is 18.1 Å². The normalized spacial score (nSPS) is 11.8. The van der Waals surface area contributed by atoms with Crippen molar-refractivity contribution in [2.45, 2.75) is 25.6 Å². The van der Waals surface area contributed by atoms with E-state index in [0.29, 0.717) is 0 Å². The fourth-order valence-electron chi connectivity index (χ4n) is 1.68. The Hall–Kier alpha value is -1.77. The molecule has 9 heteroatoms. The summed E-state index contributed by atoms with van der Waals surface area (Å²) in [5.41, 5.74) is 1.03. The Morgan fingerprint density at radius 1 is 1.45 bits per heavy atom. The van der Waals surface area contributed by atoms with Crippen LogP contribution >= 0.6 is 0 Å². The summed E-state index contributed by atoms with van der Waals surface area (Å²) in [7, 11) is 0.989. The Morgan fingerprint density at radius 3 is 2.45 bits per heavy atom. The van der Waals surface area contributed by atoms with Crippen molar-refractivity contribution in [2.75, 3.05) is 7.11 Å². The predicted molar refractivity (Wildman–Crippen MR) is 57.8 cm³/mol. The molecule has 1 rings (SSSR count). The summed E-state index contributed by atoms with van der Waals surface area (Å²) in [4.78, 5) is 14.5. The van der Waals surface area contributed by atoms with E-state index in [1.807, 2.05) is 0 Å². The first kappa shape index (κ1) is 16.3. The summed E-state index contributed by atoms with van der Waals surface area (Å²) in [5.74, 6) is -0.965. The topological polar surface area (TPSA) is 65.2 Å². The van der Waals surface area contributed by atoms with Gasteiger partial charge in [0, 0.05) is 12.7 Å². The third-order valence-electron chi connectivity index (χ3n) is 2.54. The lowest BCUT2D eigenvalue weighted by atomic mass is 9.99. The van der Waals surface area contributed by atoms with Crippen LogP contribution in [0.15, 0.2) is 6.20 Å². The van der Waals surface area contributed by atoms with Gasteiger partial charge in [0.15, 0.2) is 0 Å². The SMILES string of the molecule is COC(=O)Cc1ncc(CN)c(C(F)(F)F)c1C(F)F. The van der Waals surface area contributed by atoms with E-state index in [1.54, 1.807) is 0 Å². The lowest BCUT2D eigenvalue weighted by Crippen LogP contribution is -2.20. The molecule has 0 spiro atoms. The molecule has 4 nitrogen and oxygen atoms in total. The Labute approximate surface area is 110 Å². The lowest BCUT2D eigenvalue weighted by Gasteiger charge is -2.18. The van der Waals surface area contributed by atoms with Crippen molar-refractivity contribution in [3.8, 4) is 0 Å². The van der Waals surface area contributed by atoms with Gasteiger partial charge in [0.05, 0.1) is 30.4 Å². The van der Waals surface area contributed by atoms with Gasteiger partial charge in [-0.25, -0.2) is 8.78 Å². The molecule has 0 saturated heterocycles. The van der Waals surface area contributed by atoms with Gasteiger partial charge in [-0.2, -0.15) is 13.2 Å². The van der Waals surface area contributed by atoms with Gasteiger partial charge < -0.3 is 10.5 Å². The van der Waals surface area contributed by atoms with E-state index in [0.717, 1.165) is 13.3 Å². The minimum Gasteiger partial charge on any atom is -0.469 e. The van der Waals surface area contributed by atoms with Crippen molar-refractivity contribution in [3.63, 3.8) is 0 Å². The second-order valence-corrected chi connectivity index (χ2v) is 3.77. The van der Waals surface area contributed by atoms with Crippen LogP contribution in [0.1, 0.15) is 28.8 Å². The molecule has 20 heavy (non-hydrogen) atoms. The first-order valence-electron chi connectivity index (χ1n) is 5.35. The second-order valence-electron chi connectivity index (χ2n) is 3.77. The van der Waals surface area contributed by atoms with Crippen molar-refractivity contribution in [1.82, 2.24) is 4.98 Å². The second kappa shape index (κ2) is 6.12. The molecule has 0 aliphatic rings. The highest BCUT2D eigenvalue weighted by molar-refractivity contribution is 5.72. The number of ether oxygens (including phenoxy) is 1. The number of nitrogens with two attached hydrogens (primary N) is 1. The molecule has 1 heterocycles. The van der Waals surface area contributed by atoms with Crippen LogP contribution in [0, 0.1) is 0 Å². The van der Waals surface area contributed by atoms with E-state index < -0.39 is 53.9 Å². The van der Waals surface area contributed by atoms with Crippen molar-refractivity contribution in [1.29, 1.82) is 0 Å². The minimum absolute atomic E-state index is 0.554. The molecule has 0 fully saturated rings. The highest BCUT2D eigenvalue weighted by atomic mass is 19.4. The molecule has 0 aliphatic heterocycles. The van der Waals surface area contributed by atoms with Crippen molar-refractivity contribution < 1.29 is 31.5 Å². The van der Waals surface area contributed by atoms with Gasteiger partial charge in [-0.05, 0) is 5.56 Å². The number of carbonyl (C=O) groups excluding carboxylic acids is 1. The molecule has 1 aromatic rings. The number of hydrogen-bond donors (Lipinski definition) is 1. The van der Waals surface area contributed by atoms with Crippen LogP contribution in [0.5, 0.6) is 0 Å². The number of pyridine rings is 1. The van der Waals surface area contributed by atoms with E-state index >= 15 is 0 Å². The van der Waals surface area contributed by atoms with Gasteiger partial charge in [0.1, 0.15) is 0 Å². The molecule has 112 valence electrons. The van der Waals surface area contributed by atoms with Crippen LogP contribution in [0.2, 0.25) is 0 Å². The lowest BCUT2D eigenvalue weighted by molar-refractivity contribution is -0.142. The molecule has 0 amide bonds. The van der Waals surface area contributed by atoms with Crippen molar-refractivity contribution >= 4 is 5.97 Å². The Balaban J connectivity index is 3.52. The number of alkyl halides is 5. The molecule has 1 aromatic heterocycles. The fraction of sp³-hybridized carbons (Fsp3) is 0.455. The van der Waals surface area contributed by atoms with Gasteiger partial charge in [0.25, 0.3) is 6.43 Å². The molecule has 0 radical (unpaired) electrons. The first-order chi connectivity index (χ1) is 9.22. The largest absolute Gasteiger partial charge is 0.469 e. The fourth-order valence-corrected chi connectivity index (χ4v) is 1.68. The molecule has 0 bridgehead atoms. The Morgan fingerprint density at radius 2 is 2.05 bits per heavy atom. The number of methoxy groups -OCH3 is 1. The number of esters is 1. The molecule has 0 saturated carbocycles. The van der Waals surface area contributed by atoms with Crippen molar-refractivity contribution in [3.05, 3.63) is 28.6 Å². The molecule has 0 atom stereocenters. The summed E-state index contributed by atoms with van der Waals surface area (Å²) >= 11 is 0. The third-order valence-corrected chi connectivity index (χ3v) is 2.54. The molecule has 2 N–H and O–H groups in total. The number of aromatic nitrogens is 1. The summed E-state index contributed by atoms with van der Waals surface area (Å²) in [6, 6.07) is 0. The van der Waals surface area contributed by atoms with Crippen LogP contribution in [0.25, 0.3) is 0 Å². The Bertz CT molecular complexity index is 502. The maximum atomic E-state index is 13.0. The highest BCUT2D eigenvalue weighted by Crippen LogP contribution is 2.39. The third kappa shape index (κ3) is 3.41. The number of hydrogen-bond acceptors (Lipinski definition) is 4. The summed E-state index contributed by atoms with van der Waals surface area (Å²) in [5, 5.41) is 0. The van der Waals surface area contributed by atoms with Crippen molar-refractivity contribution in [2.24, 2.45) is 5.73 Å². The quantitative estimate of drug-likeness (QED) is 0.683. The molecule has 0 unspecified atom stereocenters.